The number of hydrogen-bond donors (Lipinski definition) is 2. The molecule has 6 nitrogen and oxygen atoms in total. The van der Waals surface area contributed by atoms with Gasteiger partial charge in [0, 0.05) is 12.0 Å². The molecule has 2 heterocycles. The Hall–Kier alpha value is -3.45. The predicted octanol–water partition coefficient (Wildman–Crippen LogP) is 5.24. The van der Waals surface area contributed by atoms with Gasteiger partial charge in [0.05, 0.1) is 18.2 Å². The summed E-state index contributed by atoms with van der Waals surface area (Å²) in [4.78, 5) is 27.9. The molecule has 170 valence electrons. The molecule has 4 rings (SSSR count). The third-order valence-electron chi connectivity index (χ3n) is 5.74. The average Bonchev–Trinajstić information content (AvgIpc) is 3.14. The molecule has 2 unspecified atom stereocenters. The number of pyridine rings is 1. The molecular formula is C25H22ClFN2O4. The summed E-state index contributed by atoms with van der Waals surface area (Å²) in [7, 11) is 0. The van der Waals surface area contributed by atoms with Gasteiger partial charge >= 0.3 is 11.9 Å². The normalized spacial score (nSPS) is 18.6. The van der Waals surface area contributed by atoms with Crippen molar-refractivity contribution in [1.82, 2.24) is 4.98 Å². The van der Waals surface area contributed by atoms with Gasteiger partial charge in [-0.05, 0) is 54.3 Å². The quantitative estimate of drug-likeness (QED) is 0.364. The standard InChI is InChI=1S/C25H22ClFN2O4/c1-14(28-20-7-8-21(26)29-23(20)24(30)31)16-10-17(12-19(27)11-16)22-18(13-33-25(22)32)9-15-5-3-2-4-6-15/h2-8,10-12,14,18,22,28H,9,13H2,1H3,(H,30,31)/t14?,18?,22-/m1/s1. The van der Waals surface area contributed by atoms with Crippen LogP contribution in [0.1, 0.15) is 46.1 Å². The summed E-state index contributed by atoms with van der Waals surface area (Å²) in [6.07, 6.45) is 0.634. The largest absolute Gasteiger partial charge is 0.476 e. The van der Waals surface area contributed by atoms with Crippen molar-refractivity contribution in [1.29, 1.82) is 0 Å². The number of anilines is 1. The minimum Gasteiger partial charge on any atom is -0.476 e. The van der Waals surface area contributed by atoms with Crippen LogP contribution in [-0.2, 0) is 16.0 Å². The van der Waals surface area contributed by atoms with Gasteiger partial charge in [0.25, 0.3) is 0 Å². The Morgan fingerprint density at radius 2 is 2.00 bits per heavy atom. The lowest BCUT2D eigenvalue weighted by atomic mass is 9.83. The molecule has 1 saturated heterocycles. The first-order valence-electron chi connectivity index (χ1n) is 10.5. The van der Waals surface area contributed by atoms with E-state index in [1.165, 1.54) is 24.3 Å². The van der Waals surface area contributed by atoms with E-state index in [9.17, 15) is 19.1 Å². The van der Waals surface area contributed by atoms with Crippen LogP contribution in [0.2, 0.25) is 5.15 Å². The van der Waals surface area contributed by atoms with Crippen LogP contribution in [0.5, 0.6) is 0 Å². The molecule has 0 saturated carbocycles. The van der Waals surface area contributed by atoms with Gasteiger partial charge in [-0.1, -0.05) is 48.0 Å². The van der Waals surface area contributed by atoms with Crippen LogP contribution in [0.4, 0.5) is 10.1 Å². The highest BCUT2D eigenvalue weighted by atomic mass is 35.5. The predicted molar refractivity (Wildman–Crippen MR) is 122 cm³/mol. The minimum atomic E-state index is -1.23. The molecule has 3 aromatic rings. The van der Waals surface area contributed by atoms with Gasteiger partial charge in [-0.15, -0.1) is 0 Å². The van der Waals surface area contributed by atoms with Crippen molar-refractivity contribution in [2.75, 3.05) is 11.9 Å². The van der Waals surface area contributed by atoms with Crippen LogP contribution < -0.4 is 5.32 Å². The molecule has 0 radical (unpaired) electrons. The van der Waals surface area contributed by atoms with Gasteiger partial charge in [0.15, 0.2) is 5.69 Å². The summed E-state index contributed by atoms with van der Waals surface area (Å²) in [6, 6.07) is 16.8. The number of aromatic nitrogens is 1. The molecule has 1 aliphatic heterocycles. The van der Waals surface area contributed by atoms with Gasteiger partial charge in [-0.2, -0.15) is 0 Å². The lowest BCUT2D eigenvalue weighted by molar-refractivity contribution is -0.139. The van der Waals surface area contributed by atoms with E-state index in [0.29, 0.717) is 17.5 Å². The van der Waals surface area contributed by atoms with E-state index in [2.05, 4.69) is 10.3 Å². The van der Waals surface area contributed by atoms with Crippen molar-refractivity contribution in [3.63, 3.8) is 0 Å². The number of nitrogens with one attached hydrogen (secondary N) is 1. The third kappa shape index (κ3) is 5.14. The Morgan fingerprint density at radius 1 is 1.24 bits per heavy atom. The lowest BCUT2D eigenvalue weighted by Crippen LogP contribution is -2.18. The lowest BCUT2D eigenvalue weighted by Gasteiger charge is -2.20. The minimum absolute atomic E-state index is 0.0582. The smallest absolute Gasteiger partial charge is 0.356 e. The fraction of sp³-hybridized carbons (Fsp3) is 0.240. The number of aromatic carboxylic acids is 1. The van der Waals surface area contributed by atoms with E-state index in [-0.39, 0.29) is 35.0 Å². The number of carboxylic acid groups (broad SMARTS) is 1. The first-order chi connectivity index (χ1) is 15.8. The highest BCUT2D eigenvalue weighted by Crippen LogP contribution is 2.36. The number of cyclic esters (lactones) is 1. The number of halogens is 2. The van der Waals surface area contributed by atoms with E-state index in [0.717, 1.165) is 5.56 Å². The van der Waals surface area contributed by atoms with Crippen molar-refractivity contribution in [2.24, 2.45) is 5.92 Å². The molecule has 8 heteroatoms. The second-order valence-corrected chi connectivity index (χ2v) is 8.46. The van der Waals surface area contributed by atoms with Crippen LogP contribution in [0.3, 0.4) is 0 Å². The van der Waals surface area contributed by atoms with Crippen LogP contribution in [0.15, 0.2) is 60.7 Å². The molecule has 2 N–H and O–H groups in total. The van der Waals surface area contributed by atoms with Gasteiger partial charge in [-0.25, -0.2) is 14.2 Å². The number of benzene rings is 2. The Balaban J connectivity index is 1.61. The highest BCUT2D eigenvalue weighted by Gasteiger charge is 2.38. The number of hydrogen-bond acceptors (Lipinski definition) is 5. The zero-order valence-corrected chi connectivity index (χ0v) is 18.6. The average molecular weight is 469 g/mol. The van der Waals surface area contributed by atoms with Crippen LogP contribution in [0, 0.1) is 11.7 Å². The van der Waals surface area contributed by atoms with Crippen molar-refractivity contribution < 1.29 is 23.8 Å². The molecule has 1 fully saturated rings. The van der Waals surface area contributed by atoms with Crippen LogP contribution in [-0.4, -0.2) is 28.6 Å². The van der Waals surface area contributed by atoms with Gasteiger partial charge in [0.2, 0.25) is 0 Å². The molecular weight excluding hydrogens is 447 g/mol. The second-order valence-electron chi connectivity index (χ2n) is 8.08. The zero-order chi connectivity index (χ0) is 23.5. The maximum atomic E-state index is 14.6. The molecule has 3 atom stereocenters. The molecule has 1 aromatic heterocycles. The molecule has 0 aliphatic carbocycles. The van der Waals surface area contributed by atoms with Crippen LogP contribution in [0.25, 0.3) is 0 Å². The number of ether oxygens (including phenoxy) is 1. The van der Waals surface area contributed by atoms with Crippen molar-refractivity contribution >= 4 is 29.2 Å². The summed E-state index contributed by atoms with van der Waals surface area (Å²) in [5.41, 5.74) is 2.21. The fourth-order valence-electron chi connectivity index (χ4n) is 4.17. The second kappa shape index (κ2) is 9.58. The van der Waals surface area contributed by atoms with E-state index in [1.807, 2.05) is 30.3 Å². The maximum absolute atomic E-state index is 14.6. The van der Waals surface area contributed by atoms with Crippen LogP contribution >= 0.6 is 11.6 Å². The Bertz CT molecular complexity index is 1190. The first kappa shape index (κ1) is 22.7. The van der Waals surface area contributed by atoms with Crippen molar-refractivity contribution in [2.45, 2.75) is 25.3 Å². The number of carboxylic acids is 1. The molecule has 0 spiro atoms. The van der Waals surface area contributed by atoms with Crippen molar-refractivity contribution in [3.8, 4) is 0 Å². The Labute approximate surface area is 195 Å². The number of esters is 1. The van der Waals surface area contributed by atoms with Gasteiger partial charge in [0.1, 0.15) is 11.0 Å². The topological polar surface area (TPSA) is 88.5 Å². The number of rotatable bonds is 7. The number of carbonyl (C=O) groups is 2. The summed E-state index contributed by atoms with van der Waals surface area (Å²) in [5.74, 6) is -2.79. The highest BCUT2D eigenvalue weighted by molar-refractivity contribution is 6.29. The summed E-state index contributed by atoms with van der Waals surface area (Å²) in [6.45, 7) is 2.05. The Kier molecular flexibility index (Phi) is 6.60. The molecule has 0 amide bonds. The third-order valence-corrected chi connectivity index (χ3v) is 5.95. The van der Waals surface area contributed by atoms with Crippen molar-refractivity contribution in [3.05, 3.63) is 94.0 Å². The summed E-state index contributed by atoms with van der Waals surface area (Å²) >= 11 is 5.82. The first-order valence-corrected chi connectivity index (χ1v) is 10.9. The molecule has 2 aromatic carbocycles. The maximum Gasteiger partial charge on any atom is 0.356 e. The van der Waals surface area contributed by atoms with E-state index in [4.69, 9.17) is 16.3 Å². The summed E-state index contributed by atoms with van der Waals surface area (Å²) in [5, 5.41) is 12.5. The molecule has 0 bridgehead atoms. The SMILES string of the molecule is CC(Nc1ccc(Cl)nc1C(=O)O)c1cc(F)cc([C@H]2C(=O)OCC2Cc2ccccc2)c1. The number of nitrogens with zero attached hydrogens (tertiary/aromatic N) is 1. The summed E-state index contributed by atoms with van der Waals surface area (Å²) < 4.78 is 19.9. The van der Waals surface area contributed by atoms with Gasteiger partial charge in [-0.3, -0.25) is 4.79 Å². The van der Waals surface area contributed by atoms with E-state index < -0.39 is 23.7 Å². The van der Waals surface area contributed by atoms with E-state index in [1.54, 1.807) is 13.0 Å². The Morgan fingerprint density at radius 3 is 2.73 bits per heavy atom. The van der Waals surface area contributed by atoms with E-state index >= 15 is 0 Å². The number of carbonyl (C=O) groups excluding carboxylic acids is 1. The molecule has 1 aliphatic rings. The molecule has 33 heavy (non-hydrogen) atoms. The fourth-order valence-corrected chi connectivity index (χ4v) is 4.31. The zero-order valence-electron chi connectivity index (χ0n) is 17.8. The van der Waals surface area contributed by atoms with Gasteiger partial charge < -0.3 is 15.2 Å². The monoisotopic (exact) mass is 468 g/mol.